The second-order valence-electron chi connectivity index (χ2n) is 7.57. The van der Waals surface area contributed by atoms with Gasteiger partial charge in [0, 0.05) is 30.9 Å². The van der Waals surface area contributed by atoms with Crippen LogP contribution in [0.3, 0.4) is 0 Å². The maximum Gasteiger partial charge on any atom is 0.251 e. The van der Waals surface area contributed by atoms with Crippen LogP contribution >= 0.6 is 0 Å². The van der Waals surface area contributed by atoms with E-state index in [-0.39, 0.29) is 24.3 Å². The molecule has 2 amide bonds. The fraction of sp³-hybridized carbons (Fsp3) is 0.391. The van der Waals surface area contributed by atoms with E-state index in [4.69, 9.17) is 9.47 Å². The minimum Gasteiger partial charge on any atom is -0.497 e. The van der Waals surface area contributed by atoms with E-state index in [9.17, 15) is 9.59 Å². The summed E-state index contributed by atoms with van der Waals surface area (Å²) in [5.41, 5.74) is 2.88. The summed E-state index contributed by atoms with van der Waals surface area (Å²) >= 11 is 0. The van der Waals surface area contributed by atoms with Crippen LogP contribution in [0.2, 0.25) is 0 Å². The number of nitrogens with one attached hydrogen (secondary N) is 2. The maximum absolute atomic E-state index is 12.6. The van der Waals surface area contributed by atoms with Gasteiger partial charge in [0.25, 0.3) is 5.91 Å². The number of hydrogen-bond acceptors (Lipinski definition) is 5. The van der Waals surface area contributed by atoms with Crippen LogP contribution in [0.25, 0.3) is 0 Å². The molecule has 1 atom stereocenters. The third-order valence-corrected chi connectivity index (χ3v) is 5.10. The van der Waals surface area contributed by atoms with Crippen molar-refractivity contribution >= 4 is 17.5 Å². The zero-order chi connectivity index (χ0) is 21.5. The summed E-state index contributed by atoms with van der Waals surface area (Å²) in [6.45, 7) is 4.72. The molecule has 1 aliphatic heterocycles. The third-order valence-electron chi connectivity index (χ3n) is 5.10. The quantitative estimate of drug-likeness (QED) is 0.731. The number of ether oxygens (including phenoxy) is 2. The topological polar surface area (TPSA) is 79.9 Å². The number of likely N-dealkylation sites (N-methyl/N-ethyl adjacent to an activating group) is 1. The van der Waals surface area contributed by atoms with Gasteiger partial charge in [0.05, 0.1) is 26.2 Å². The van der Waals surface area contributed by atoms with Gasteiger partial charge in [-0.1, -0.05) is 18.2 Å². The van der Waals surface area contributed by atoms with Gasteiger partial charge in [0.15, 0.2) is 0 Å². The van der Waals surface area contributed by atoms with Gasteiger partial charge < -0.3 is 25.0 Å². The Kier molecular flexibility index (Phi) is 7.43. The lowest BCUT2D eigenvalue weighted by atomic mass is 10.1. The summed E-state index contributed by atoms with van der Waals surface area (Å²) in [6.07, 6.45) is 0.208. The molecule has 1 aliphatic rings. The molecule has 2 N–H and O–H groups in total. The number of nitrogens with zero attached hydrogens (tertiary/aromatic N) is 1. The number of methoxy groups -OCH3 is 1. The Hall–Kier alpha value is -2.90. The molecular formula is C23H29N3O4. The molecule has 1 heterocycles. The van der Waals surface area contributed by atoms with Gasteiger partial charge in [-0.3, -0.25) is 9.59 Å². The lowest BCUT2D eigenvalue weighted by Gasteiger charge is -2.30. The molecule has 3 rings (SSSR count). The highest BCUT2D eigenvalue weighted by Crippen LogP contribution is 2.18. The highest BCUT2D eigenvalue weighted by molar-refractivity contribution is 5.98. The van der Waals surface area contributed by atoms with E-state index in [1.807, 2.05) is 44.3 Å². The van der Waals surface area contributed by atoms with Gasteiger partial charge in [0.1, 0.15) is 5.75 Å². The van der Waals surface area contributed by atoms with Crippen LogP contribution in [-0.2, 0) is 16.0 Å². The normalized spacial score (nSPS) is 16.7. The molecule has 0 saturated carbocycles. The number of carbonyl (C=O) groups excluding carboxylic acids is 2. The fourth-order valence-corrected chi connectivity index (χ4v) is 3.36. The first-order chi connectivity index (χ1) is 14.4. The molecule has 7 heteroatoms. The molecule has 2 aromatic rings. The Morgan fingerprint density at radius 1 is 1.23 bits per heavy atom. The largest absolute Gasteiger partial charge is 0.497 e. The van der Waals surface area contributed by atoms with Gasteiger partial charge in [-0.25, -0.2) is 0 Å². The summed E-state index contributed by atoms with van der Waals surface area (Å²) in [6, 6.07) is 12.7. The molecule has 1 fully saturated rings. The highest BCUT2D eigenvalue weighted by Gasteiger charge is 2.19. The summed E-state index contributed by atoms with van der Waals surface area (Å²) in [7, 11) is 3.63. The first kappa shape index (κ1) is 21.8. The number of rotatable bonds is 7. The number of aryl methyl sites for hydroxylation is 1. The first-order valence-electron chi connectivity index (χ1n) is 10.1. The predicted octanol–water partition coefficient (Wildman–Crippen LogP) is 2.25. The van der Waals surface area contributed by atoms with Gasteiger partial charge in [-0.2, -0.15) is 0 Å². The Labute approximate surface area is 177 Å². The van der Waals surface area contributed by atoms with E-state index in [1.165, 1.54) is 0 Å². The molecule has 30 heavy (non-hydrogen) atoms. The van der Waals surface area contributed by atoms with Crippen molar-refractivity contribution in [3.8, 4) is 5.75 Å². The molecule has 0 aliphatic carbocycles. The number of carbonyl (C=O) groups is 2. The zero-order valence-corrected chi connectivity index (χ0v) is 17.7. The van der Waals surface area contributed by atoms with Crippen molar-refractivity contribution in [3.05, 3.63) is 59.2 Å². The van der Waals surface area contributed by atoms with Gasteiger partial charge in [-0.15, -0.1) is 0 Å². The molecular weight excluding hydrogens is 382 g/mol. The molecule has 0 spiro atoms. The van der Waals surface area contributed by atoms with Crippen molar-refractivity contribution in [2.75, 3.05) is 45.7 Å². The summed E-state index contributed by atoms with van der Waals surface area (Å²) in [4.78, 5) is 27.3. The second-order valence-corrected chi connectivity index (χ2v) is 7.57. The summed E-state index contributed by atoms with van der Waals surface area (Å²) in [5, 5.41) is 5.84. The monoisotopic (exact) mass is 411 g/mol. The van der Waals surface area contributed by atoms with E-state index in [0.717, 1.165) is 24.2 Å². The number of hydrogen-bond donors (Lipinski definition) is 2. The number of amides is 2. The van der Waals surface area contributed by atoms with Crippen molar-refractivity contribution in [1.82, 2.24) is 10.2 Å². The van der Waals surface area contributed by atoms with Crippen LogP contribution < -0.4 is 15.4 Å². The molecule has 7 nitrogen and oxygen atoms in total. The van der Waals surface area contributed by atoms with Crippen LogP contribution in [0.15, 0.2) is 42.5 Å². The standard InChI is InChI=1S/C23H29N3O4/c1-16-7-8-18(23(28)24-14-20-15-26(2)9-10-30-20)13-21(16)25-22(27)12-17-5-4-6-19(11-17)29-3/h4-8,11,13,20H,9-10,12,14-15H2,1-3H3,(H,24,28)(H,25,27). The van der Waals surface area contributed by atoms with E-state index < -0.39 is 0 Å². The van der Waals surface area contributed by atoms with Crippen molar-refractivity contribution in [2.45, 2.75) is 19.4 Å². The van der Waals surface area contributed by atoms with E-state index in [2.05, 4.69) is 15.5 Å². The first-order valence-corrected chi connectivity index (χ1v) is 10.1. The van der Waals surface area contributed by atoms with E-state index in [1.54, 1.807) is 19.2 Å². The number of morpholine rings is 1. The molecule has 0 radical (unpaired) electrons. The fourth-order valence-electron chi connectivity index (χ4n) is 3.36. The van der Waals surface area contributed by atoms with Crippen LogP contribution in [0.1, 0.15) is 21.5 Å². The predicted molar refractivity (Wildman–Crippen MR) is 116 cm³/mol. The second kappa shape index (κ2) is 10.2. The average Bonchev–Trinajstić information content (AvgIpc) is 2.73. The molecule has 160 valence electrons. The lowest BCUT2D eigenvalue weighted by Crippen LogP contribution is -2.45. The zero-order valence-electron chi connectivity index (χ0n) is 17.7. The Morgan fingerprint density at radius 3 is 2.83 bits per heavy atom. The molecule has 1 saturated heterocycles. The van der Waals surface area contributed by atoms with Gasteiger partial charge in [-0.05, 0) is 49.4 Å². The third kappa shape index (κ3) is 6.05. The molecule has 0 aromatic heterocycles. The van der Waals surface area contributed by atoms with E-state index >= 15 is 0 Å². The van der Waals surface area contributed by atoms with Gasteiger partial charge >= 0.3 is 0 Å². The van der Waals surface area contributed by atoms with Crippen LogP contribution in [0, 0.1) is 6.92 Å². The maximum atomic E-state index is 12.6. The average molecular weight is 412 g/mol. The Bertz CT molecular complexity index is 900. The summed E-state index contributed by atoms with van der Waals surface area (Å²) < 4.78 is 10.9. The lowest BCUT2D eigenvalue weighted by molar-refractivity contribution is -0.115. The minimum atomic E-state index is -0.185. The van der Waals surface area contributed by atoms with Crippen molar-refractivity contribution in [1.29, 1.82) is 0 Å². The van der Waals surface area contributed by atoms with Crippen molar-refractivity contribution < 1.29 is 19.1 Å². The van der Waals surface area contributed by atoms with Crippen LogP contribution in [0.5, 0.6) is 5.75 Å². The number of benzene rings is 2. The van der Waals surface area contributed by atoms with Crippen molar-refractivity contribution in [3.63, 3.8) is 0 Å². The minimum absolute atomic E-state index is 0.0137. The highest BCUT2D eigenvalue weighted by atomic mass is 16.5. The van der Waals surface area contributed by atoms with Crippen LogP contribution in [0.4, 0.5) is 5.69 Å². The molecule has 2 aromatic carbocycles. The van der Waals surface area contributed by atoms with E-state index in [0.29, 0.717) is 30.2 Å². The van der Waals surface area contributed by atoms with Crippen molar-refractivity contribution in [2.24, 2.45) is 0 Å². The van der Waals surface area contributed by atoms with Gasteiger partial charge in [0.2, 0.25) is 5.91 Å². The molecule has 1 unspecified atom stereocenters. The summed E-state index contributed by atoms with van der Waals surface area (Å²) in [5.74, 6) is 0.376. The number of anilines is 1. The van der Waals surface area contributed by atoms with Crippen LogP contribution in [-0.4, -0.2) is 63.2 Å². The smallest absolute Gasteiger partial charge is 0.251 e. The molecule has 0 bridgehead atoms. The Balaban J connectivity index is 1.59. The SMILES string of the molecule is COc1cccc(CC(=O)Nc2cc(C(=O)NCC3CN(C)CCO3)ccc2C)c1. The Morgan fingerprint density at radius 2 is 2.07 bits per heavy atom.